The first-order chi connectivity index (χ1) is 7.92. The lowest BCUT2D eigenvalue weighted by Crippen LogP contribution is -2.49. The Hall–Kier alpha value is 0.394. The molecule has 0 aliphatic heterocycles. The lowest BCUT2D eigenvalue weighted by molar-refractivity contribution is 0.492. The van der Waals surface area contributed by atoms with E-state index in [0.29, 0.717) is 0 Å². The summed E-state index contributed by atoms with van der Waals surface area (Å²) in [6.45, 7) is 9.97. The summed E-state index contributed by atoms with van der Waals surface area (Å²) in [6.07, 6.45) is 11.6. The van der Waals surface area contributed by atoms with Gasteiger partial charge in [-0.25, -0.2) is 0 Å². The number of rotatable bonds is 4. The summed E-state index contributed by atoms with van der Waals surface area (Å²) in [7, 11) is -2.82. The summed E-state index contributed by atoms with van der Waals surface area (Å²) in [5.41, 5.74) is 1.91. The molecular formula is C14H30OSi2. The second kappa shape index (κ2) is 5.18. The third-order valence-corrected chi connectivity index (χ3v) is 14.5. The van der Waals surface area contributed by atoms with Crippen molar-refractivity contribution in [2.75, 3.05) is 0 Å². The fourth-order valence-corrected chi connectivity index (χ4v) is 14.4. The molecule has 1 nitrogen and oxygen atoms in total. The van der Waals surface area contributed by atoms with Gasteiger partial charge in [-0.15, -0.1) is 0 Å². The van der Waals surface area contributed by atoms with Crippen LogP contribution in [0.1, 0.15) is 51.4 Å². The first-order valence-corrected chi connectivity index (χ1v) is 13.6. The van der Waals surface area contributed by atoms with E-state index >= 15 is 0 Å². The summed E-state index contributed by atoms with van der Waals surface area (Å²) >= 11 is 0. The van der Waals surface area contributed by atoms with Crippen molar-refractivity contribution in [2.24, 2.45) is 0 Å². The van der Waals surface area contributed by atoms with Crippen molar-refractivity contribution in [2.45, 2.75) is 88.6 Å². The fraction of sp³-hybridized carbons (Fsp3) is 1.00. The molecule has 17 heavy (non-hydrogen) atoms. The van der Waals surface area contributed by atoms with E-state index in [1.165, 1.54) is 51.4 Å². The molecule has 2 aliphatic carbocycles. The topological polar surface area (TPSA) is 9.23 Å². The molecule has 0 radical (unpaired) electrons. The third kappa shape index (κ3) is 3.24. The third-order valence-electron chi connectivity index (χ3n) is 5.20. The minimum atomic E-state index is -1.41. The van der Waals surface area contributed by atoms with Gasteiger partial charge in [0.25, 0.3) is 0 Å². The molecule has 3 heteroatoms. The molecule has 0 aromatic rings. The Bertz CT molecular complexity index is 225. The largest absolute Gasteiger partial charge is 0.455 e. The molecular weight excluding hydrogens is 240 g/mol. The molecule has 0 aromatic heterocycles. The van der Waals surface area contributed by atoms with Gasteiger partial charge in [0, 0.05) is 0 Å². The van der Waals surface area contributed by atoms with Crippen LogP contribution in [0.4, 0.5) is 0 Å². The average Bonchev–Trinajstić information content (AvgIpc) is 2.91. The Labute approximate surface area is 110 Å². The second-order valence-electron chi connectivity index (χ2n) is 7.27. The average molecular weight is 271 g/mol. The SMILES string of the molecule is C[Si](C)(O[Si](C)(C)C1CCCC1)C1CCCC1. The van der Waals surface area contributed by atoms with Crippen LogP contribution in [0, 0.1) is 0 Å². The van der Waals surface area contributed by atoms with Gasteiger partial charge in [0.1, 0.15) is 0 Å². The molecule has 0 amide bonds. The summed E-state index contributed by atoms with van der Waals surface area (Å²) in [5, 5.41) is 0. The first-order valence-electron chi connectivity index (χ1n) is 7.62. The van der Waals surface area contributed by atoms with E-state index in [-0.39, 0.29) is 0 Å². The zero-order valence-electron chi connectivity index (χ0n) is 12.2. The van der Waals surface area contributed by atoms with Crippen LogP contribution in [0.5, 0.6) is 0 Å². The molecule has 2 saturated carbocycles. The molecule has 0 heterocycles. The molecule has 2 aliphatic rings. The minimum Gasteiger partial charge on any atom is -0.455 e. The summed E-state index contributed by atoms with van der Waals surface area (Å²) in [5.74, 6) is 0. The van der Waals surface area contributed by atoms with Crippen molar-refractivity contribution < 1.29 is 4.12 Å². The molecule has 2 fully saturated rings. The van der Waals surface area contributed by atoms with Crippen LogP contribution in [0.2, 0.25) is 37.3 Å². The van der Waals surface area contributed by atoms with Crippen LogP contribution in [0.3, 0.4) is 0 Å². The summed E-state index contributed by atoms with van der Waals surface area (Å²) in [4.78, 5) is 0. The smallest absolute Gasteiger partial charge is 0.176 e. The molecule has 0 atom stereocenters. The van der Waals surface area contributed by atoms with Crippen molar-refractivity contribution in [1.82, 2.24) is 0 Å². The zero-order chi connectivity index (χ0) is 12.5. The van der Waals surface area contributed by atoms with Gasteiger partial charge in [-0.1, -0.05) is 51.4 Å². The molecule has 100 valence electrons. The van der Waals surface area contributed by atoms with Crippen LogP contribution >= 0.6 is 0 Å². The molecule has 0 unspecified atom stereocenters. The van der Waals surface area contributed by atoms with E-state index in [9.17, 15) is 0 Å². The van der Waals surface area contributed by atoms with E-state index in [0.717, 1.165) is 11.1 Å². The Morgan fingerprint density at radius 1 is 0.647 bits per heavy atom. The Morgan fingerprint density at radius 2 is 0.941 bits per heavy atom. The highest BCUT2D eigenvalue weighted by Crippen LogP contribution is 2.45. The predicted molar refractivity (Wildman–Crippen MR) is 80.5 cm³/mol. The van der Waals surface area contributed by atoms with Crippen molar-refractivity contribution >= 4 is 16.6 Å². The minimum absolute atomic E-state index is 0.954. The molecule has 0 saturated heterocycles. The number of hydrogen-bond donors (Lipinski definition) is 0. The lowest BCUT2D eigenvalue weighted by atomic mass is 10.4. The normalized spacial score (nSPS) is 24.7. The van der Waals surface area contributed by atoms with E-state index in [1.807, 2.05) is 0 Å². The highest BCUT2D eigenvalue weighted by atomic mass is 28.4. The van der Waals surface area contributed by atoms with Gasteiger partial charge in [-0.3, -0.25) is 0 Å². The molecule has 0 bridgehead atoms. The van der Waals surface area contributed by atoms with Crippen LogP contribution in [0.15, 0.2) is 0 Å². The van der Waals surface area contributed by atoms with Crippen molar-refractivity contribution in [3.05, 3.63) is 0 Å². The summed E-state index contributed by atoms with van der Waals surface area (Å²) < 4.78 is 6.87. The van der Waals surface area contributed by atoms with E-state index in [2.05, 4.69) is 26.2 Å². The van der Waals surface area contributed by atoms with Gasteiger partial charge in [0.15, 0.2) is 16.6 Å². The summed E-state index contributed by atoms with van der Waals surface area (Å²) in [6, 6.07) is 0. The van der Waals surface area contributed by atoms with E-state index < -0.39 is 16.6 Å². The zero-order valence-corrected chi connectivity index (χ0v) is 14.2. The molecule has 0 N–H and O–H groups in total. The highest BCUT2D eigenvalue weighted by molar-refractivity contribution is 6.86. The Balaban J connectivity index is 1.97. The van der Waals surface area contributed by atoms with Gasteiger partial charge in [-0.2, -0.15) is 0 Å². The lowest BCUT2D eigenvalue weighted by Gasteiger charge is -2.40. The van der Waals surface area contributed by atoms with E-state index in [1.54, 1.807) is 0 Å². The Morgan fingerprint density at radius 3 is 1.24 bits per heavy atom. The van der Waals surface area contributed by atoms with Crippen molar-refractivity contribution in [1.29, 1.82) is 0 Å². The van der Waals surface area contributed by atoms with Crippen LogP contribution < -0.4 is 0 Å². The Kier molecular flexibility index (Phi) is 4.21. The van der Waals surface area contributed by atoms with Gasteiger partial charge in [0.05, 0.1) is 0 Å². The van der Waals surface area contributed by atoms with Gasteiger partial charge < -0.3 is 4.12 Å². The predicted octanol–water partition coefficient (Wildman–Crippen LogP) is 5.30. The van der Waals surface area contributed by atoms with Crippen LogP contribution in [-0.4, -0.2) is 16.6 Å². The molecule has 0 aromatic carbocycles. The number of hydrogen-bond acceptors (Lipinski definition) is 1. The van der Waals surface area contributed by atoms with Gasteiger partial charge >= 0.3 is 0 Å². The fourth-order valence-electron chi connectivity index (χ4n) is 4.09. The molecule has 2 rings (SSSR count). The van der Waals surface area contributed by atoms with Crippen LogP contribution in [0.25, 0.3) is 0 Å². The van der Waals surface area contributed by atoms with Gasteiger partial charge in [-0.05, 0) is 37.3 Å². The monoisotopic (exact) mass is 270 g/mol. The van der Waals surface area contributed by atoms with Gasteiger partial charge in [0.2, 0.25) is 0 Å². The quantitative estimate of drug-likeness (QED) is 0.630. The maximum Gasteiger partial charge on any atom is 0.176 e. The first kappa shape index (κ1) is 13.8. The maximum atomic E-state index is 6.87. The maximum absolute atomic E-state index is 6.87. The highest BCUT2D eigenvalue weighted by Gasteiger charge is 2.44. The van der Waals surface area contributed by atoms with Crippen LogP contribution in [-0.2, 0) is 4.12 Å². The standard InChI is InChI=1S/C14H30OSi2/c1-16(2,13-9-5-6-10-13)15-17(3,4)14-11-7-8-12-14/h13-14H,5-12H2,1-4H3. The molecule has 0 spiro atoms. The van der Waals surface area contributed by atoms with E-state index in [4.69, 9.17) is 4.12 Å². The second-order valence-corrected chi connectivity index (χ2v) is 16.1. The van der Waals surface area contributed by atoms with Crippen molar-refractivity contribution in [3.8, 4) is 0 Å². The van der Waals surface area contributed by atoms with Crippen molar-refractivity contribution in [3.63, 3.8) is 0 Å².